The molecule has 0 spiro atoms. The first-order valence-corrected chi connectivity index (χ1v) is 10.3. The first-order chi connectivity index (χ1) is 13.1. The van der Waals surface area contributed by atoms with Crippen LogP contribution in [-0.4, -0.2) is 38.0 Å². The third-order valence-corrected chi connectivity index (χ3v) is 6.21. The number of benzene rings is 2. The zero-order chi connectivity index (χ0) is 20.9. The second kappa shape index (κ2) is 9.27. The Labute approximate surface area is 168 Å². The van der Waals surface area contributed by atoms with Crippen molar-refractivity contribution in [2.75, 3.05) is 18.9 Å². The molecule has 0 aromatic heterocycles. The molecule has 0 saturated heterocycles. The molecule has 0 saturated carbocycles. The van der Waals surface area contributed by atoms with Crippen molar-refractivity contribution in [3.05, 3.63) is 58.9 Å². The first-order valence-electron chi connectivity index (χ1n) is 8.43. The fraction of sp³-hybridized carbons (Fsp3) is 0.263. The van der Waals surface area contributed by atoms with E-state index < -0.39 is 15.8 Å². The number of carbonyl (C=O) groups excluding carboxylic acids is 2. The van der Waals surface area contributed by atoms with E-state index >= 15 is 0 Å². The topological polar surface area (TPSA) is 83.6 Å². The van der Waals surface area contributed by atoms with Gasteiger partial charge in [0, 0.05) is 31.3 Å². The second-order valence-electron chi connectivity index (χ2n) is 6.19. The van der Waals surface area contributed by atoms with Crippen LogP contribution in [0.1, 0.15) is 30.1 Å². The Morgan fingerprint density at radius 1 is 1.14 bits per heavy atom. The molecule has 6 nitrogen and oxygen atoms in total. The number of rotatable bonds is 8. The van der Waals surface area contributed by atoms with Crippen LogP contribution in [0.15, 0.2) is 47.4 Å². The highest BCUT2D eigenvalue weighted by atomic mass is 35.5. The van der Waals surface area contributed by atoms with Crippen LogP contribution in [-0.2, 0) is 14.8 Å². The Bertz CT molecular complexity index is 978. The number of nitrogens with one attached hydrogen (secondary N) is 1. The standard InChI is InChI=1S/C19H20ClFN2O4S/c1-13(24)14-5-8-16(9-6-14)28(26,27)23(2)11-3-4-19(25)22-15-7-10-18(21)17(20)12-15/h5-10,12H,3-4,11H2,1-2H3,(H,22,25). The van der Waals surface area contributed by atoms with E-state index in [2.05, 4.69) is 5.32 Å². The summed E-state index contributed by atoms with van der Waals surface area (Å²) < 4.78 is 39.3. The molecule has 2 aromatic rings. The van der Waals surface area contributed by atoms with Gasteiger partial charge in [0.05, 0.1) is 9.92 Å². The average Bonchev–Trinajstić information content (AvgIpc) is 2.64. The molecule has 0 aliphatic rings. The summed E-state index contributed by atoms with van der Waals surface area (Å²) in [4.78, 5) is 23.3. The number of amides is 1. The van der Waals surface area contributed by atoms with Crippen molar-refractivity contribution in [2.45, 2.75) is 24.7 Å². The molecule has 1 amide bonds. The summed E-state index contributed by atoms with van der Waals surface area (Å²) in [5.74, 6) is -1.06. The van der Waals surface area contributed by atoms with Crippen molar-refractivity contribution in [1.29, 1.82) is 0 Å². The zero-order valence-corrected chi connectivity index (χ0v) is 17.0. The van der Waals surface area contributed by atoms with Gasteiger partial charge in [-0.25, -0.2) is 17.1 Å². The van der Waals surface area contributed by atoms with E-state index in [0.717, 1.165) is 10.4 Å². The maximum absolute atomic E-state index is 13.1. The molecule has 2 rings (SSSR count). The van der Waals surface area contributed by atoms with Crippen LogP contribution in [0.2, 0.25) is 5.02 Å². The molecule has 0 aliphatic carbocycles. The average molecular weight is 427 g/mol. The van der Waals surface area contributed by atoms with Gasteiger partial charge in [0.2, 0.25) is 15.9 Å². The predicted octanol–water partition coefficient (Wildman–Crippen LogP) is 3.72. The highest BCUT2D eigenvalue weighted by molar-refractivity contribution is 7.89. The maximum atomic E-state index is 13.1. The van der Waals surface area contributed by atoms with Crippen LogP contribution in [0.4, 0.5) is 10.1 Å². The SMILES string of the molecule is CC(=O)c1ccc(S(=O)(=O)N(C)CCCC(=O)Nc2ccc(F)c(Cl)c2)cc1. The van der Waals surface area contributed by atoms with E-state index in [1.165, 1.54) is 50.4 Å². The van der Waals surface area contributed by atoms with Crippen LogP contribution < -0.4 is 5.32 Å². The number of carbonyl (C=O) groups is 2. The fourth-order valence-electron chi connectivity index (χ4n) is 2.42. The van der Waals surface area contributed by atoms with Crippen molar-refractivity contribution in [2.24, 2.45) is 0 Å². The quantitative estimate of drug-likeness (QED) is 0.652. The van der Waals surface area contributed by atoms with E-state index in [1.807, 2.05) is 0 Å². The van der Waals surface area contributed by atoms with Crippen molar-refractivity contribution in [1.82, 2.24) is 4.31 Å². The van der Waals surface area contributed by atoms with Crippen molar-refractivity contribution < 1.29 is 22.4 Å². The summed E-state index contributed by atoms with van der Waals surface area (Å²) in [6, 6.07) is 9.53. The fourth-order valence-corrected chi connectivity index (χ4v) is 3.81. The molecular formula is C19H20ClFN2O4S. The van der Waals surface area contributed by atoms with E-state index in [4.69, 9.17) is 11.6 Å². The zero-order valence-electron chi connectivity index (χ0n) is 15.4. The molecule has 9 heteroatoms. The smallest absolute Gasteiger partial charge is 0.242 e. The Kier molecular flexibility index (Phi) is 7.29. The minimum Gasteiger partial charge on any atom is -0.326 e. The molecule has 0 fully saturated rings. The van der Waals surface area contributed by atoms with Gasteiger partial charge >= 0.3 is 0 Å². The first kappa shape index (κ1) is 22.0. The lowest BCUT2D eigenvalue weighted by Gasteiger charge is -2.17. The summed E-state index contributed by atoms with van der Waals surface area (Å²) in [5, 5.41) is 2.48. The normalized spacial score (nSPS) is 11.5. The number of Topliss-reactive ketones (excluding diaryl/α,β-unsaturated/α-hetero) is 1. The summed E-state index contributed by atoms with van der Waals surface area (Å²) in [6.07, 6.45) is 0.375. The molecule has 0 unspecified atom stereocenters. The van der Waals surface area contributed by atoms with Gasteiger partial charge in [-0.05, 0) is 43.7 Å². The number of nitrogens with zero attached hydrogens (tertiary/aromatic N) is 1. The Morgan fingerprint density at radius 2 is 1.79 bits per heavy atom. The predicted molar refractivity (Wildman–Crippen MR) is 106 cm³/mol. The Balaban J connectivity index is 1.89. The van der Waals surface area contributed by atoms with E-state index in [9.17, 15) is 22.4 Å². The Morgan fingerprint density at radius 3 is 2.36 bits per heavy atom. The lowest BCUT2D eigenvalue weighted by atomic mass is 10.2. The lowest BCUT2D eigenvalue weighted by Crippen LogP contribution is -2.28. The second-order valence-corrected chi connectivity index (χ2v) is 8.64. The summed E-state index contributed by atoms with van der Waals surface area (Å²) in [6.45, 7) is 1.54. The van der Waals surface area contributed by atoms with Crippen LogP contribution in [0.5, 0.6) is 0 Å². The highest BCUT2D eigenvalue weighted by Crippen LogP contribution is 2.20. The summed E-state index contributed by atoms with van der Waals surface area (Å²) >= 11 is 5.66. The minimum atomic E-state index is -3.72. The third kappa shape index (κ3) is 5.60. The number of hydrogen-bond donors (Lipinski definition) is 1. The molecule has 0 heterocycles. The summed E-state index contributed by atoms with van der Waals surface area (Å²) in [5.41, 5.74) is 0.794. The van der Waals surface area contributed by atoms with Gasteiger partial charge < -0.3 is 5.32 Å². The third-order valence-electron chi connectivity index (χ3n) is 4.05. The lowest BCUT2D eigenvalue weighted by molar-refractivity contribution is -0.116. The van der Waals surface area contributed by atoms with Gasteiger partial charge in [-0.15, -0.1) is 0 Å². The largest absolute Gasteiger partial charge is 0.326 e. The van der Waals surface area contributed by atoms with Crippen molar-refractivity contribution in [3.8, 4) is 0 Å². The minimum absolute atomic E-state index is 0.0744. The number of ketones is 1. The van der Waals surface area contributed by atoms with Crippen molar-refractivity contribution >= 4 is 39.0 Å². The van der Waals surface area contributed by atoms with Crippen LogP contribution >= 0.6 is 11.6 Å². The number of anilines is 1. The van der Waals surface area contributed by atoms with Gasteiger partial charge in [0.1, 0.15) is 5.82 Å². The molecule has 1 N–H and O–H groups in total. The molecule has 0 bridgehead atoms. The van der Waals surface area contributed by atoms with Crippen LogP contribution in [0, 0.1) is 5.82 Å². The highest BCUT2D eigenvalue weighted by Gasteiger charge is 2.20. The van der Waals surface area contributed by atoms with Gasteiger partial charge in [-0.2, -0.15) is 0 Å². The Hall–Kier alpha value is -2.29. The molecule has 2 aromatic carbocycles. The maximum Gasteiger partial charge on any atom is 0.242 e. The molecular weight excluding hydrogens is 407 g/mol. The van der Waals surface area contributed by atoms with E-state index in [0.29, 0.717) is 17.7 Å². The van der Waals surface area contributed by atoms with Gasteiger partial charge in [0.15, 0.2) is 5.78 Å². The van der Waals surface area contributed by atoms with Gasteiger partial charge in [-0.3, -0.25) is 9.59 Å². The van der Waals surface area contributed by atoms with Gasteiger partial charge in [0.25, 0.3) is 0 Å². The summed E-state index contributed by atoms with van der Waals surface area (Å²) in [7, 11) is -2.29. The molecule has 0 radical (unpaired) electrons. The van der Waals surface area contributed by atoms with Crippen LogP contribution in [0.25, 0.3) is 0 Å². The van der Waals surface area contributed by atoms with Crippen LogP contribution in [0.3, 0.4) is 0 Å². The number of hydrogen-bond acceptors (Lipinski definition) is 4. The van der Waals surface area contributed by atoms with E-state index in [-0.39, 0.29) is 34.6 Å². The monoisotopic (exact) mass is 426 g/mol. The molecule has 0 atom stereocenters. The van der Waals surface area contributed by atoms with Crippen molar-refractivity contribution in [3.63, 3.8) is 0 Å². The molecule has 150 valence electrons. The number of sulfonamides is 1. The van der Waals surface area contributed by atoms with E-state index in [1.54, 1.807) is 0 Å². The molecule has 0 aliphatic heterocycles. The number of halogens is 2. The molecule has 28 heavy (non-hydrogen) atoms. The van der Waals surface area contributed by atoms with Gasteiger partial charge in [-0.1, -0.05) is 23.7 Å².